The molecule has 0 atom stereocenters. The highest BCUT2D eigenvalue weighted by Gasteiger charge is 2.27. The molecule has 1 amide bonds. The molecule has 0 bridgehead atoms. The Kier molecular flexibility index (Phi) is 3.96. The molecule has 0 spiro atoms. The van der Waals surface area contributed by atoms with Crippen LogP contribution >= 0.6 is 0 Å². The van der Waals surface area contributed by atoms with Gasteiger partial charge >= 0.3 is 0 Å². The fourth-order valence-electron chi connectivity index (χ4n) is 2.79. The smallest absolute Gasteiger partial charge is 0.270 e. The Morgan fingerprint density at radius 1 is 1.25 bits per heavy atom. The zero-order valence-corrected chi connectivity index (χ0v) is 11.6. The number of carbonyl (C=O) groups excluding carboxylic acids is 1. The number of carbonyl (C=O) groups is 1. The quantitative estimate of drug-likeness (QED) is 0.876. The van der Waals surface area contributed by atoms with Crippen LogP contribution in [0.2, 0.25) is 0 Å². The van der Waals surface area contributed by atoms with Crippen LogP contribution in [0.3, 0.4) is 0 Å². The standard InChI is InChI=1S/C15H21N3O2/c19-9-10-1-5-12(6-2-10)17-15(20)13-7-8-16-14(18-13)11-3-4-11/h7-8,10-12,19H,1-6,9H2,(H,17,20). The Labute approximate surface area is 118 Å². The van der Waals surface area contributed by atoms with E-state index in [1.165, 1.54) is 0 Å². The minimum atomic E-state index is -0.0956. The van der Waals surface area contributed by atoms with Gasteiger partial charge in [-0.1, -0.05) is 0 Å². The van der Waals surface area contributed by atoms with Gasteiger partial charge in [0.15, 0.2) is 0 Å². The van der Waals surface area contributed by atoms with E-state index in [-0.39, 0.29) is 18.6 Å². The number of rotatable bonds is 4. The predicted octanol–water partition coefficient (Wildman–Crippen LogP) is 1.63. The third kappa shape index (κ3) is 3.15. The maximum Gasteiger partial charge on any atom is 0.270 e. The molecule has 1 heterocycles. The minimum absolute atomic E-state index is 0.0956. The van der Waals surface area contributed by atoms with Gasteiger partial charge in [-0.05, 0) is 50.5 Å². The van der Waals surface area contributed by atoms with Crippen molar-refractivity contribution in [2.45, 2.75) is 50.5 Å². The molecule has 2 aliphatic carbocycles. The van der Waals surface area contributed by atoms with E-state index in [4.69, 9.17) is 5.11 Å². The van der Waals surface area contributed by atoms with E-state index in [9.17, 15) is 4.79 Å². The first-order valence-corrected chi connectivity index (χ1v) is 7.51. The second kappa shape index (κ2) is 5.87. The van der Waals surface area contributed by atoms with Crippen LogP contribution in [0.1, 0.15) is 60.8 Å². The lowest BCUT2D eigenvalue weighted by Gasteiger charge is -2.27. The molecule has 0 saturated heterocycles. The number of amides is 1. The number of nitrogens with zero attached hydrogens (tertiary/aromatic N) is 2. The molecule has 0 radical (unpaired) electrons. The zero-order chi connectivity index (χ0) is 13.9. The van der Waals surface area contributed by atoms with Crippen LogP contribution in [0.5, 0.6) is 0 Å². The Hall–Kier alpha value is -1.49. The van der Waals surface area contributed by atoms with E-state index in [0.29, 0.717) is 17.5 Å². The Bertz CT molecular complexity index is 480. The van der Waals surface area contributed by atoms with Gasteiger partial charge in [-0.25, -0.2) is 9.97 Å². The number of hydrogen-bond donors (Lipinski definition) is 2. The van der Waals surface area contributed by atoms with Crippen molar-refractivity contribution in [2.75, 3.05) is 6.61 Å². The lowest BCUT2D eigenvalue weighted by molar-refractivity contribution is 0.0908. The maximum atomic E-state index is 12.2. The molecule has 1 aromatic heterocycles. The summed E-state index contributed by atoms with van der Waals surface area (Å²) in [5.74, 6) is 1.58. The lowest BCUT2D eigenvalue weighted by Crippen LogP contribution is -2.38. The second-order valence-electron chi connectivity index (χ2n) is 5.95. The van der Waals surface area contributed by atoms with Crippen LogP contribution in [-0.2, 0) is 0 Å². The highest BCUT2D eigenvalue weighted by molar-refractivity contribution is 5.92. The van der Waals surface area contributed by atoms with Crippen LogP contribution in [0.4, 0.5) is 0 Å². The Morgan fingerprint density at radius 3 is 2.65 bits per heavy atom. The molecule has 2 saturated carbocycles. The van der Waals surface area contributed by atoms with Crippen molar-refractivity contribution < 1.29 is 9.90 Å². The summed E-state index contributed by atoms with van der Waals surface area (Å²) in [7, 11) is 0. The number of hydrogen-bond acceptors (Lipinski definition) is 4. The summed E-state index contributed by atoms with van der Waals surface area (Å²) in [5.41, 5.74) is 0.478. The van der Waals surface area contributed by atoms with Gasteiger partial charge in [-0.2, -0.15) is 0 Å². The van der Waals surface area contributed by atoms with E-state index >= 15 is 0 Å². The molecule has 0 aliphatic heterocycles. The third-order valence-corrected chi connectivity index (χ3v) is 4.29. The summed E-state index contributed by atoms with van der Waals surface area (Å²) in [4.78, 5) is 20.8. The SMILES string of the molecule is O=C(NC1CCC(CO)CC1)c1ccnc(C2CC2)n1. The van der Waals surface area contributed by atoms with Crippen LogP contribution in [-0.4, -0.2) is 33.6 Å². The second-order valence-corrected chi connectivity index (χ2v) is 5.95. The number of aliphatic hydroxyl groups is 1. The maximum absolute atomic E-state index is 12.2. The van der Waals surface area contributed by atoms with Gasteiger partial charge in [0.1, 0.15) is 11.5 Å². The molecule has 2 fully saturated rings. The Morgan fingerprint density at radius 2 is 2.00 bits per heavy atom. The summed E-state index contributed by atoms with van der Waals surface area (Å²) >= 11 is 0. The van der Waals surface area contributed by atoms with Crippen molar-refractivity contribution in [1.29, 1.82) is 0 Å². The average molecular weight is 275 g/mol. The average Bonchev–Trinajstić information content (AvgIpc) is 3.33. The predicted molar refractivity (Wildman–Crippen MR) is 74.3 cm³/mol. The molecule has 108 valence electrons. The molecule has 2 aliphatic rings. The molecule has 1 aromatic rings. The van der Waals surface area contributed by atoms with E-state index in [2.05, 4.69) is 15.3 Å². The van der Waals surface area contributed by atoms with Crippen LogP contribution in [0, 0.1) is 5.92 Å². The van der Waals surface area contributed by atoms with Crippen molar-refractivity contribution in [3.63, 3.8) is 0 Å². The normalized spacial score (nSPS) is 26.2. The van der Waals surface area contributed by atoms with Crippen LogP contribution in [0.15, 0.2) is 12.3 Å². The van der Waals surface area contributed by atoms with Gasteiger partial charge in [0, 0.05) is 24.8 Å². The van der Waals surface area contributed by atoms with Gasteiger partial charge < -0.3 is 10.4 Å². The fraction of sp³-hybridized carbons (Fsp3) is 0.667. The summed E-state index contributed by atoms with van der Waals surface area (Å²) in [6.07, 6.45) is 7.80. The summed E-state index contributed by atoms with van der Waals surface area (Å²) < 4.78 is 0. The van der Waals surface area contributed by atoms with Gasteiger partial charge in [0.05, 0.1) is 0 Å². The fourth-order valence-corrected chi connectivity index (χ4v) is 2.79. The summed E-state index contributed by atoms with van der Waals surface area (Å²) in [5, 5.41) is 12.2. The van der Waals surface area contributed by atoms with Crippen molar-refractivity contribution in [3.8, 4) is 0 Å². The highest BCUT2D eigenvalue weighted by atomic mass is 16.3. The molecule has 20 heavy (non-hydrogen) atoms. The topological polar surface area (TPSA) is 75.1 Å². The van der Waals surface area contributed by atoms with Crippen LogP contribution < -0.4 is 5.32 Å². The lowest BCUT2D eigenvalue weighted by atomic mass is 9.86. The first-order chi connectivity index (χ1) is 9.76. The summed E-state index contributed by atoms with van der Waals surface area (Å²) in [6.45, 7) is 0.261. The summed E-state index contributed by atoms with van der Waals surface area (Å²) in [6, 6.07) is 1.89. The van der Waals surface area contributed by atoms with E-state index in [0.717, 1.165) is 44.3 Å². The largest absolute Gasteiger partial charge is 0.396 e. The highest BCUT2D eigenvalue weighted by Crippen LogP contribution is 2.37. The van der Waals surface area contributed by atoms with Gasteiger partial charge in [-0.3, -0.25) is 4.79 Å². The van der Waals surface area contributed by atoms with E-state index in [1.54, 1.807) is 12.3 Å². The molecule has 5 nitrogen and oxygen atoms in total. The Balaban J connectivity index is 1.57. The molecule has 0 unspecified atom stereocenters. The van der Waals surface area contributed by atoms with E-state index in [1.807, 2.05) is 0 Å². The van der Waals surface area contributed by atoms with Gasteiger partial charge in [-0.15, -0.1) is 0 Å². The minimum Gasteiger partial charge on any atom is -0.396 e. The monoisotopic (exact) mass is 275 g/mol. The zero-order valence-electron chi connectivity index (χ0n) is 11.6. The molecular weight excluding hydrogens is 254 g/mol. The molecule has 3 rings (SSSR count). The van der Waals surface area contributed by atoms with Crippen molar-refractivity contribution in [2.24, 2.45) is 5.92 Å². The van der Waals surface area contributed by atoms with Crippen molar-refractivity contribution in [3.05, 3.63) is 23.8 Å². The third-order valence-electron chi connectivity index (χ3n) is 4.29. The molecule has 2 N–H and O–H groups in total. The van der Waals surface area contributed by atoms with Gasteiger partial charge in [0.25, 0.3) is 5.91 Å². The first kappa shape index (κ1) is 13.5. The first-order valence-electron chi connectivity index (χ1n) is 7.51. The molecule has 0 aromatic carbocycles. The molecule has 5 heteroatoms. The van der Waals surface area contributed by atoms with Crippen molar-refractivity contribution >= 4 is 5.91 Å². The van der Waals surface area contributed by atoms with E-state index < -0.39 is 0 Å². The van der Waals surface area contributed by atoms with Gasteiger partial charge in [0.2, 0.25) is 0 Å². The molecular formula is C15H21N3O2. The van der Waals surface area contributed by atoms with Crippen LogP contribution in [0.25, 0.3) is 0 Å². The number of aromatic nitrogens is 2. The number of nitrogens with one attached hydrogen (secondary N) is 1. The number of aliphatic hydroxyl groups excluding tert-OH is 1. The van der Waals surface area contributed by atoms with Crippen molar-refractivity contribution in [1.82, 2.24) is 15.3 Å².